The van der Waals surface area contributed by atoms with E-state index in [2.05, 4.69) is 15.7 Å². The summed E-state index contributed by atoms with van der Waals surface area (Å²) in [6, 6.07) is 2.91. The molecule has 9 nitrogen and oxygen atoms in total. The number of alkyl halides is 3. The molecule has 0 bridgehead atoms. The summed E-state index contributed by atoms with van der Waals surface area (Å²) in [6.07, 6.45) is 5.42. The lowest BCUT2D eigenvalue weighted by Gasteiger charge is -2.42. The second-order valence-corrected chi connectivity index (χ2v) is 13.5. The number of halogens is 4. The van der Waals surface area contributed by atoms with Gasteiger partial charge in [-0.25, -0.2) is 17.6 Å². The summed E-state index contributed by atoms with van der Waals surface area (Å²) in [5.74, 6) is -3.89. The van der Waals surface area contributed by atoms with Crippen molar-refractivity contribution in [3.8, 4) is 0 Å². The summed E-state index contributed by atoms with van der Waals surface area (Å²) in [5.41, 5.74) is 0.542. The van der Waals surface area contributed by atoms with Gasteiger partial charge >= 0.3 is 0 Å². The molecule has 3 amide bonds. The van der Waals surface area contributed by atoms with Crippen LogP contribution in [0.3, 0.4) is 0 Å². The fourth-order valence-electron chi connectivity index (χ4n) is 7.51. The molecule has 48 heavy (non-hydrogen) atoms. The van der Waals surface area contributed by atoms with Gasteiger partial charge in [-0.1, -0.05) is 64.2 Å². The molecule has 3 atom stereocenters. The Morgan fingerprint density at radius 2 is 1.52 bits per heavy atom. The molecule has 2 saturated carbocycles. The molecule has 0 spiro atoms. The number of hydrogen-bond acceptors (Lipinski definition) is 5. The zero-order chi connectivity index (χ0) is 35.0. The molecule has 2 fully saturated rings. The van der Waals surface area contributed by atoms with E-state index in [-0.39, 0.29) is 41.7 Å². The van der Waals surface area contributed by atoms with Crippen molar-refractivity contribution in [1.82, 2.24) is 20.4 Å². The van der Waals surface area contributed by atoms with E-state index in [1.165, 1.54) is 20.1 Å². The minimum atomic E-state index is -3.42. The van der Waals surface area contributed by atoms with Gasteiger partial charge in [0.25, 0.3) is 12.3 Å². The van der Waals surface area contributed by atoms with Crippen molar-refractivity contribution in [2.45, 2.75) is 122 Å². The summed E-state index contributed by atoms with van der Waals surface area (Å²) in [5, 5.41) is 11.7. The van der Waals surface area contributed by atoms with Crippen LogP contribution >= 0.6 is 0 Å². The second-order valence-electron chi connectivity index (χ2n) is 13.5. The SMILES string of the molecule is COCc1cc(NC(=O)[C@@H](NC(=O)c2ccnn2C(C)C)C(C2CCCCC2)C2CCCCC2)c(F)cc1C(C)C(=O)NC(F)C(F)F. The van der Waals surface area contributed by atoms with Gasteiger partial charge < -0.3 is 20.7 Å². The molecule has 1 heterocycles. The number of amides is 3. The fraction of sp³-hybridized carbons (Fsp3) is 0.657. The van der Waals surface area contributed by atoms with Gasteiger partial charge in [-0.15, -0.1) is 0 Å². The molecule has 2 aliphatic rings. The van der Waals surface area contributed by atoms with Gasteiger partial charge in [0.2, 0.25) is 18.1 Å². The highest BCUT2D eigenvalue weighted by atomic mass is 19.3. The van der Waals surface area contributed by atoms with Gasteiger partial charge in [0, 0.05) is 19.3 Å². The van der Waals surface area contributed by atoms with E-state index in [0.717, 1.165) is 70.3 Å². The smallest absolute Gasteiger partial charge is 0.287 e. The first-order valence-electron chi connectivity index (χ1n) is 17.1. The number of methoxy groups -OCH3 is 1. The number of nitrogens with zero attached hydrogens (tertiary/aromatic N) is 2. The van der Waals surface area contributed by atoms with Gasteiger partial charge in [-0.2, -0.15) is 5.10 Å². The Morgan fingerprint density at radius 1 is 0.917 bits per heavy atom. The Balaban J connectivity index is 1.69. The van der Waals surface area contributed by atoms with Crippen LogP contribution in [-0.2, 0) is 20.9 Å². The first-order valence-corrected chi connectivity index (χ1v) is 17.1. The molecule has 4 rings (SSSR count). The summed E-state index contributed by atoms with van der Waals surface area (Å²) >= 11 is 0. The van der Waals surface area contributed by atoms with E-state index in [0.29, 0.717) is 11.3 Å². The van der Waals surface area contributed by atoms with E-state index in [1.54, 1.807) is 22.3 Å². The quantitative estimate of drug-likeness (QED) is 0.146. The van der Waals surface area contributed by atoms with Crippen LogP contribution < -0.4 is 16.0 Å². The maximum absolute atomic E-state index is 15.8. The van der Waals surface area contributed by atoms with Gasteiger partial charge in [-0.3, -0.25) is 19.1 Å². The van der Waals surface area contributed by atoms with Crippen LogP contribution in [0.2, 0.25) is 0 Å². The van der Waals surface area contributed by atoms with Crippen molar-refractivity contribution >= 4 is 23.4 Å². The number of anilines is 1. The predicted octanol–water partition coefficient (Wildman–Crippen LogP) is 7.04. The molecular formula is C35H49F4N5O4. The average molecular weight is 680 g/mol. The third kappa shape index (κ3) is 9.15. The number of benzene rings is 1. The minimum absolute atomic E-state index is 0.0945. The second kappa shape index (κ2) is 17.3. The van der Waals surface area contributed by atoms with E-state index in [9.17, 15) is 27.6 Å². The van der Waals surface area contributed by atoms with E-state index < -0.39 is 48.2 Å². The number of nitrogens with one attached hydrogen (secondary N) is 3. The predicted molar refractivity (Wildman–Crippen MR) is 174 cm³/mol. The molecule has 3 N–H and O–H groups in total. The molecule has 2 aromatic rings. The van der Waals surface area contributed by atoms with Crippen molar-refractivity contribution in [3.63, 3.8) is 0 Å². The summed E-state index contributed by atoms with van der Waals surface area (Å²) in [4.78, 5) is 40.8. The Labute approximate surface area is 279 Å². The number of hydrogen-bond donors (Lipinski definition) is 3. The third-order valence-electron chi connectivity index (χ3n) is 9.88. The van der Waals surface area contributed by atoms with Gasteiger partial charge in [0.1, 0.15) is 17.6 Å². The zero-order valence-corrected chi connectivity index (χ0v) is 28.2. The Morgan fingerprint density at radius 3 is 2.06 bits per heavy atom. The number of aromatic nitrogens is 2. The highest BCUT2D eigenvalue weighted by Gasteiger charge is 2.42. The van der Waals surface area contributed by atoms with Crippen molar-refractivity contribution in [2.24, 2.45) is 17.8 Å². The molecule has 0 saturated heterocycles. The van der Waals surface area contributed by atoms with E-state index in [4.69, 9.17) is 4.74 Å². The largest absolute Gasteiger partial charge is 0.380 e. The van der Waals surface area contributed by atoms with Gasteiger partial charge in [0.15, 0.2) is 0 Å². The summed E-state index contributed by atoms with van der Waals surface area (Å²) < 4.78 is 61.7. The maximum atomic E-state index is 15.8. The Kier molecular flexibility index (Phi) is 13.4. The molecule has 0 radical (unpaired) electrons. The lowest BCUT2D eigenvalue weighted by atomic mass is 9.66. The first-order chi connectivity index (χ1) is 22.9. The molecule has 1 aromatic heterocycles. The van der Waals surface area contributed by atoms with Crippen LogP contribution in [0.25, 0.3) is 0 Å². The fourth-order valence-corrected chi connectivity index (χ4v) is 7.51. The number of ether oxygens (including phenoxy) is 1. The summed E-state index contributed by atoms with van der Waals surface area (Å²) in [7, 11) is 1.39. The molecule has 2 unspecified atom stereocenters. The first kappa shape index (κ1) is 37.3. The number of carbonyl (C=O) groups excluding carboxylic acids is 3. The molecule has 2 aliphatic carbocycles. The van der Waals surface area contributed by atoms with Crippen LogP contribution in [0.4, 0.5) is 23.2 Å². The van der Waals surface area contributed by atoms with E-state index in [1.807, 2.05) is 13.8 Å². The van der Waals surface area contributed by atoms with Crippen LogP contribution in [0.15, 0.2) is 24.4 Å². The minimum Gasteiger partial charge on any atom is -0.380 e. The standard InChI is InChI=1S/C35H49F4N5O4/c1-20(2)44-28(15-16-40-44)34(46)42-30(29(22-11-7-5-8-12-22)23-13-9-6-10-14-23)35(47)41-27-17-24(19-48-4)25(18-26(27)36)21(3)33(45)43-32(39)31(37)38/h15-18,20-23,29-32H,5-14,19H2,1-4H3,(H,41,47)(H,42,46)(H,43,45)/t21?,30-,32?/m0/s1. The third-order valence-corrected chi connectivity index (χ3v) is 9.88. The van der Waals surface area contributed by atoms with Gasteiger partial charge in [0.05, 0.1) is 18.2 Å². The van der Waals surface area contributed by atoms with Crippen molar-refractivity contribution in [3.05, 3.63) is 47.0 Å². The Bertz CT molecular complexity index is 1370. The normalized spacial score (nSPS) is 18.1. The average Bonchev–Trinajstić information content (AvgIpc) is 3.57. The van der Waals surface area contributed by atoms with E-state index >= 15 is 4.39 Å². The monoisotopic (exact) mass is 679 g/mol. The van der Waals surface area contributed by atoms with Crippen LogP contribution in [0.5, 0.6) is 0 Å². The lowest BCUT2D eigenvalue weighted by molar-refractivity contribution is -0.126. The Hall–Kier alpha value is -3.48. The zero-order valence-electron chi connectivity index (χ0n) is 28.2. The molecule has 0 aliphatic heterocycles. The highest BCUT2D eigenvalue weighted by Crippen LogP contribution is 2.42. The summed E-state index contributed by atoms with van der Waals surface area (Å²) in [6.45, 7) is 5.05. The van der Waals surface area contributed by atoms with Crippen LogP contribution in [-0.4, -0.2) is 53.4 Å². The topological polar surface area (TPSA) is 114 Å². The van der Waals surface area contributed by atoms with Crippen LogP contribution in [0, 0.1) is 23.6 Å². The van der Waals surface area contributed by atoms with Crippen molar-refractivity contribution < 1.29 is 36.7 Å². The van der Waals surface area contributed by atoms with Crippen molar-refractivity contribution in [2.75, 3.05) is 12.4 Å². The molecule has 1 aromatic carbocycles. The van der Waals surface area contributed by atoms with Crippen LogP contribution in [0.1, 0.15) is 119 Å². The molecular weight excluding hydrogens is 630 g/mol. The van der Waals surface area contributed by atoms with Crippen molar-refractivity contribution in [1.29, 1.82) is 0 Å². The number of carbonyl (C=O) groups is 3. The lowest BCUT2D eigenvalue weighted by Crippen LogP contribution is -2.53. The van der Waals surface area contributed by atoms with Gasteiger partial charge in [-0.05, 0) is 67.9 Å². The number of rotatable bonds is 14. The maximum Gasteiger partial charge on any atom is 0.287 e. The molecule has 266 valence electrons. The molecule has 13 heteroatoms. The highest BCUT2D eigenvalue weighted by molar-refractivity contribution is 6.01.